The molecule has 1 aliphatic rings. The van der Waals surface area contributed by atoms with Crippen LogP contribution in [-0.4, -0.2) is 62.9 Å². The number of carbonyl (C=O) groups excluding carboxylic acids is 1. The zero-order valence-electron chi connectivity index (χ0n) is 18.9. The fourth-order valence-corrected chi connectivity index (χ4v) is 5.74. The summed E-state index contributed by atoms with van der Waals surface area (Å²) in [5.74, 6) is -0.737. The van der Waals surface area contributed by atoms with Gasteiger partial charge in [0.05, 0.1) is 4.90 Å². The van der Waals surface area contributed by atoms with Crippen molar-refractivity contribution in [2.75, 3.05) is 39.3 Å². The van der Waals surface area contributed by atoms with Gasteiger partial charge in [-0.25, -0.2) is 18.0 Å². The third kappa shape index (κ3) is 4.70. The van der Waals surface area contributed by atoms with Crippen LogP contribution >= 0.6 is 0 Å². The highest BCUT2D eigenvalue weighted by molar-refractivity contribution is 7.89. The molecule has 0 radical (unpaired) electrons. The van der Waals surface area contributed by atoms with Crippen molar-refractivity contribution in [2.24, 2.45) is 0 Å². The summed E-state index contributed by atoms with van der Waals surface area (Å²) < 4.78 is 37.7. The standard InChI is InChI=1S/C26H24N2O6S/c29-25(23-18-22-21-9-5-4-6-19(21)10-11-24(22)34-26(23)30)33-17-16-27-12-14-28(15-13-27)35(31,32)20-7-2-1-3-8-20/h1-11,18H,12-17H2. The highest BCUT2D eigenvalue weighted by atomic mass is 32.2. The van der Waals surface area contributed by atoms with Crippen LogP contribution in [0.2, 0.25) is 0 Å². The van der Waals surface area contributed by atoms with Crippen LogP contribution in [0, 0.1) is 0 Å². The first-order chi connectivity index (χ1) is 16.9. The van der Waals surface area contributed by atoms with Crippen molar-refractivity contribution in [3.8, 4) is 0 Å². The molecule has 9 heteroatoms. The van der Waals surface area contributed by atoms with E-state index in [0.29, 0.717) is 43.7 Å². The molecule has 3 aromatic carbocycles. The third-order valence-electron chi connectivity index (χ3n) is 6.21. The minimum absolute atomic E-state index is 0.0806. The largest absolute Gasteiger partial charge is 0.461 e. The highest BCUT2D eigenvalue weighted by Crippen LogP contribution is 2.25. The summed E-state index contributed by atoms with van der Waals surface area (Å²) in [7, 11) is -3.52. The van der Waals surface area contributed by atoms with Gasteiger partial charge in [0.15, 0.2) is 0 Å². The smallest absolute Gasteiger partial charge is 0.351 e. The van der Waals surface area contributed by atoms with Gasteiger partial charge in [-0.15, -0.1) is 0 Å². The molecule has 0 unspecified atom stereocenters. The normalized spacial score (nSPS) is 15.4. The van der Waals surface area contributed by atoms with Crippen LogP contribution in [0.5, 0.6) is 0 Å². The van der Waals surface area contributed by atoms with Crippen molar-refractivity contribution in [1.29, 1.82) is 0 Å². The molecule has 4 aromatic rings. The Morgan fingerprint density at radius 2 is 1.60 bits per heavy atom. The number of benzene rings is 3. The number of esters is 1. The molecule has 1 saturated heterocycles. The molecule has 0 aliphatic carbocycles. The summed E-state index contributed by atoms with van der Waals surface area (Å²) in [5, 5.41) is 2.53. The lowest BCUT2D eigenvalue weighted by atomic mass is 10.0. The van der Waals surface area contributed by atoms with Crippen molar-refractivity contribution in [1.82, 2.24) is 9.21 Å². The number of fused-ring (bicyclic) bond motifs is 3. The minimum atomic E-state index is -3.52. The van der Waals surface area contributed by atoms with Crippen LogP contribution in [0.25, 0.3) is 21.7 Å². The Morgan fingerprint density at radius 3 is 2.37 bits per heavy atom. The molecule has 0 saturated carbocycles. The van der Waals surface area contributed by atoms with E-state index in [1.165, 1.54) is 10.4 Å². The Bertz CT molecular complexity index is 1540. The van der Waals surface area contributed by atoms with Gasteiger partial charge in [0.2, 0.25) is 10.0 Å². The molecule has 0 spiro atoms. The lowest BCUT2D eigenvalue weighted by Gasteiger charge is -2.33. The van der Waals surface area contributed by atoms with Gasteiger partial charge in [0.25, 0.3) is 0 Å². The predicted octanol–water partition coefficient (Wildman–Crippen LogP) is 3.11. The van der Waals surface area contributed by atoms with Crippen molar-refractivity contribution in [3.05, 3.63) is 88.8 Å². The molecule has 8 nitrogen and oxygen atoms in total. The van der Waals surface area contributed by atoms with Crippen molar-refractivity contribution >= 4 is 37.7 Å². The van der Waals surface area contributed by atoms with Crippen LogP contribution < -0.4 is 5.63 Å². The van der Waals surface area contributed by atoms with Gasteiger partial charge in [-0.2, -0.15) is 4.31 Å². The molecule has 0 amide bonds. The first kappa shape index (κ1) is 23.2. The summed E-state index contributed by atoms with van der Waals surface area (Å²) in [6.07, 6.45) is 0. The van der Waals surface area contributed by atoms with Crippen LogP contribution in [0.4, 0.5) is 0 Å². The van der Waals surface area contributed by atoms with Crippen LogP contribution in [0.15, 0.2) is 86.9 Å². The molecule has 2 heterocycles. The van der Waals surface area contributed by atoms with Gasteiger partial charge in [0.1, 0.15) is 17.8 Å². The predicted molar refractivity (Wildman–Crippen MR) is 132 cm³/mol. The van der Waals surface area contributed by atoms with E-state index in [0.717, 1.165) is 10.8 Å². The van der Waals surface area contributed by atoms with E-state index in [9.17, 15) is 18.0 Å². The maximum Gasteiger partial charge on any atom is 0.351 e. The SMILES string of the molecule is O=C(OCCN1CCN(S(=O)(=O)c2ccccc2)CC1)c1cc2c(ccc3ccccc32)oc1=O. The van der Waals surface area contributed by atoms with E-state index in [-0.39, 0.29) is 17.1 Å². The van der Waals surface area contributed by atoms with Crippen LogP contribution in [0.1, 0.15) is 10.4 Å². The van der Waals surface area contributed by atoms with Crippen LogP contribution in [-0.2, 0) is 14.8 Å². The highest BCUT2D eigenvalue weighted by Gasteiger charge is 2.28. The second-order valence-electron chi connectivity index (χ2n) is 8.34. The van der Waals surface area contributed by atoms with Crippen molar-refractivity contribution < 1.29 is 22.4 Å². The summed E-state index contributed by atoms with van der Waals surface area (Å²) >= 11 is 0. The average Bonchev–Trinajstić information content (AvgIpc) is 2.89. The Balaban J connectivity index is 1.20. The van der Waals surface area contributed by atoms with Gasteiger partial charge in [-0.1, -0.05) is 48.5 Å². The van der Waals surface area contributed by atoms with Gasteiger partial charge < -0.3 is 9.15 Å². The zero-order valence-corrected chi connectivity index (χ0v) is 19.7. The maximum absolute atomic E-state index is 12.8. The van der Waals surface area contributed by atoms with E-state index in [1.807, 2.05) is 35.2 Å². The molecule has 0 bridgehead atoms. The van der Waals surface area contributed by atoms with Gasteiger partial charge >= 0.3 is 11.6 Å². The van der Waals surface area contributed by atoms with Crippen molar-refractivity contribution in [3.63, 3.8) is 0 Å². The lowest BCUT2D eigenvalue weighted by molar-refractivity contribution is 0.0440. The Hall–Kier alpha value is -3.53. The summed E-state index contributed by atoms with van der Waals surface area (Å²) in [4.78, 5) is 27.3. The molecule has 35 heavy (non-hydrogen) atoms. The molecule has 1 aromatic heterocycles. The summed E-state index contributed by atoms with van der Waals surface area (Å²) in [5.41, 5.74) is -0.473. The molecule has 1 aliphatic heterocycles. The first-order valence-corrected chi connectivity index (χ1v) is 12.8. The lowest BCUT2D eigenvalue weighted by Crippen LogP contribution is -2.49. The summed E-state index contributed by atoms with van der Waals surface area (Å²) in [6.45, 7) is 2.27. The third-order valence-corrected chi connectivity index (χ3v) is 8.13. The van der Waals surface area contributed by atoms with E-state index < -0.39 is 21.6 Å². The fourth-order valence-electron chi connectivity index (χ4n) is 4.29. The number of nitrogens with zero attached hydrogens (tertiary/aromatic N) is 2. The van der Waals surface area contributed by atoms with E-state index >= 15 is 0 Å². The van der Waals surface area contributed by atoms with Gasteiger partial charge in [0, 0.05) is 38.1 Å². The Labute approximate surface area is 202 Å². The maximum atomic E-state index is 12.8. The van der Waals surface area contributed by atoms with Crippen molar-refractivity contribution in [2.45, 2.75) is 4.90 Å². The molecule has 5 rings (SSSR count). The molecule has 1 fully saturated rings. The molecule has 0 N–H and O–H groups in total. The van der Waals surface area contributed by atoms with E-state index in [4.69, 9.17) is 9.15 Å². The quantitative estimate of drug-likeness (QED) is 0.232. The van der Waals surface area contributed by atoms with Gasteiger partial charge in [-0.3, -0.25) is 4.90 Å². The molecule has 0 atom stereocenters. The number of rotatable bonds is 6. The second kappa shape index (κ2) is 9.61. The number of hydrogen-bond acceptors (Lipinski definition) is 7. The minimum Gasteiger partial charge on any atom is -0.461 e. The van der Waals surface area contributed by atoms with E-state index in [1.54, 1.807) is 36.4 Å². The number of carbonyl (C=O) groups is 1. The van der Waals surface area contributed by atoms with E-state index in [2.05, 4.69) is 0 Å². The zero-order chi connectivity index (χ0) is 24.4. The average molecular weight is 493 g/mol. The monoisotopic (exact) mass is 492 g/mol. The molecular weight excluding hydrogens is 468 g/mol. The topological polar surface area (TPSA) is 97.1 Å². The molecule has 180 valence electrons. The number of ether oxygens (including phenoxy) is 1. The van der Waals surface area contributed by atoms with Crippen LogP contribution in [0.3, 0.4) is 0 Å². The fraction of sp³-hybridized carbons (Fsp3) is 0.231. The second-order valence-corrected chi connectivity index (χ2v) is 10.3. The Kier molecular flexibility index (Phi) is 6.38. The summed E-state index contributed by atoms with van der Waals surface area (Å²) in [6, 6.07) is 21.1. The Morgan fingerprint density at radius 1 is 0.886 bits per heavy atom. The van der Waals surface area contributed by atoms with Gasteiger partial charge in [-0.05, 0) is 35.0 Å². The first-order valence-electron chi connectivity index (χ1n) is 11.3. The molecular formula is C26H24N2O6S. The number of hydrogen-bond donors (Lipinski definition) is 0. The number of sulfonamides is 1. The number of piperazine rings is 1.